The predicted molar refractivity (Wildman–Crippen MR) is 102 cm³/mol. The molecule has 1 aromatic rings. The highest BCUT2D eigenvalue weighted by atomic mass is 35.5. The van der Waals surface area contributed by atoms with E-state index in [0.29, 0.717) is 37.7 Å². The molecular weight excluding hydrogens is 385 g/mol. The number of nitrogens with zero attached hydrogens (tertiary/aromatic N) is 2. The Morgan fingerprint density at radius 2 is 1.84 bits per heavy atom. The minimum Gasteiger partial charge on any atom is -0.373 e. The number of rotatable bonds is 3. The Kier molecular flexibility index (Phi) is 7.12. The molecule has 142 valence electrons. The number of halogens is 2. The van der Waals surface area contributed by atoms with Gasteiger partial charge in [-0.15, -0.1) is 12.4 Å². The van der Waals surface area contributed by atoms with E-state index in [1.807, 2.05) is 32.0 Å². The van der Waals surface area contributed by atoms with Crippen molar-refractivity contribution in [1.29, 1.82) is 0 Å². The second kappa shape index (κ2) is 8.52. The molecule has 1 aromatic carbocycles. The lowest BCUT2D eigenvalue weighted by Gasteiger charge is -2.41. The summed E-state index contributed by atoms with van der Waals surface area (Å²) in [5, 5.41) is 3.87. The molecule has 2 aliphatic rings. The van der Waals surface area contributed by atoms with E-state index < -0.39 is 10.2 Å². The van der Waals surface area contributed by atoms with Crippen LogP contribution in [0.25, 0.3) is 0 Å². The molecule has 25 heavy (non-hydrogen) atoms. The third-order valence-corrected chi connectivity index (χ3v) is 6.79. The third-order valence-electron chi connectivity index (χ3n) is 4.47. The molecular formula is C16H25Cl2N3O3S. The molecule has 0 saturated carbocycles. The summed E-state index contributed by atoms with van der Waals surface area (Å²) in [6.07, 6.45) is -0.213. The molecule has 0 aliphatic carbocycles. The zero-order chi connectivity index (χ0) is 17.3. The molecule has 2 heterocycles. The minimum absolute atomic E-state index is 0. The van der Waals surface area contributed by atoms with Crippen LogP contribution in [0.3, 0.4) is 0 Å². The van der Waals surface area contributed by atoms with E-state index in [1.54, 1.807) is 14.7 Å². The second-order valence-corrected chi connectivity index (χ2v) is 8.72. The monoisotopic (exact) mass is 409 g/mol. The van der Waals surface area contributed by atoms with Crippen molar-refractivity contribution in [3.63, 3.8) is 0 Å². The molecule has 6 nitrogen and oxygen atoms in total. The van der Waals surface area contributed by atoms with Crippen molar-refractivity contribution in [2.45, 2.75) is 32.1 Å². The molecule has 3 unspecified atom stereocenters. The first kappa shape index (κ1) is 20.9. The van der Waals surface area contributed by atoms with Crippen LogP contribution in [0.4, 0.5) is 0 Å². The second-order valence-electron chi connectivity index (χ2n) is 6.43. The van der Waals surface area contributed by atoms with Gasteiger partial charge in [0, 0.05) is 37.7 Å². The maximum absolute atomic E-state index is 13.3. The van der Waals surface area contributed by atoms with Crippen LogP contribution < -0.4 is 5.32 Å². The third kappa shape index (κ3) is 4.47. The minimum atomic E-state index is -3.58. The van der Waals surface area contributed by atoms with Crippen molar-refractivity contribution in [3.05, 3.63) is 34.9 Å². The number of nitrogens with one attached hydrogen (secondary N) is 1. The summed E-state index contributed by atoms with van der Waals surface area (Å²) in [5.74, 6) is 0. The first-order valence-electron chi connectivity index (χ1n) is 8.27. The molecule has 3 atom stereocenters. The van der Waals surface area contributed by atoms with Gasteiger partial charge < -0.3 is 10.1 Å². The average molecular weight is 410 g/mol. The van der Waals surface area contributed by atoms with Gasteiger partial charge in [-0.05, 0) is 25.5 Å². The van der Waals surface area contributed by atoms with Gasteiger partial charge in [-0.25, -0.2) is 0 Å². The van der Waals surface area contributed by atoms with Crippen LogP contribution in [-0.2, 0) is 14.9 Å². The van der Waals surface area contributed by atoms with Gasteiger partial charge in [-0.1, -0.05) is 29.8 Å². The van der Waals surface area contributed by atoms with E-state index in [1.165, 1.54) is 0 Å². The molecule has 1 N–H and O–H groups in total. The van der Waals surface area contributed by atoms with Crippen molar-refractivity contribution in [2.24, 2.45) is 0 Å². The molecule has 0 radical (unpaired) electrons. The molecule has 0 bridgehead atoms. The first-order chi connectivity index (χ1) is 11.4. The molecule has 0 spiro atoms. The summed E-state index contributed by atoms with van der Waals surface area (Å²) < 4.78 is 35.3. The molecule has 3 rings (SSSR count). The van der Waals surface area contributed by atoms with Crippen molar-refractivity contribution in [3.8, 4) is 0 Å². The number of hydrogen-bond donors (Lipinski definition) is 1. The van der Waals surface area contributed by atoms with Crippen LogP contribution in [0, 0.1) is 0 Å². The number of benzene rings is 1. The van der Waals surface area contributed by atoms with E-state index >= 15 is 0 Å². The summed E-state index contributed by atoms with van der Waals surface area (Å²) in [6, 6.07) is 7.14. The number of piperazine rings is 1. The highest BCUT2D eigenvalue weighted by Crippen LogP contribution is 2.32. The van der Waals surface area contributed by atoms with Crippen molar-refractivity contribution in [1.82, 2.24) is 13.9 Å². The highest BCUT2D eigenvalue weighted by Gasteiger charge is 2.40. The summed E-state index contributed by atoms with van der Waals surface area (Å²) in [5.41, 5.74) is 0.837. The first-order valence-corrected chi connectivity index (χ1v) is 10.0. The van der Waals surface area contributed by atoms with Crippen molar-refractivity contribution >= 4 is 34.2 Å². The van der Waals surface area contributed by atoms with Crippen LogP contribution in [-0.4, -0.2) is 62.0 Å². The molecule has 0 aromatic heterocycles. The van der Waals surface area contributed by atoms with Gasteiger partial charge in [-0.3, -0.25) is 0 Å². The zero-order valence-corrected chi connectivity index (χ0v) is 16.8. The fourth-order valence-corrected chi connectivity index (χ4v) is 5.63. The molecule has 2 fully saturated rings. The Bertz CT molecular complexity index is 679. The van der Waals surface area contributed by atoms with Gasteiger partial charge in [0.15, 0.2) is 0 Å². The van der Waals surface area contributed by atoms with Gasteiger partial charge in [-0.2, -0.15) is 17.0 Å². The lowest BCUT2D eigenvalue weighted by molar-refractivity contribution is -0.0459. The maximum atomic E-state index is 13.3. The quantitative estimate of drug-likeness (QED) is 0.829. The number of morpholine rings is 1. The van der Waals surface area contributed by atoms with Crippen LogP contribution in [0.15, 0.2) is 24.3 Å². The highest BCUT2D eigenvalue weighted by molar-refractivity contribution is 7.86. The normalized spacial score (nSPS) is 29.2. The Morgan fingerprint density at radius 3 is 2.48 bits per heavy atom. The summed E-state index contributed by atoms with van der Waals surface area (Å²) >= 11 is 6.32. The Labute approximate surface area is 161 Å². The smallest absolute Gasteiger partial charge is 0.282 e. The van der Waals surface area contributed by atoms with Crippen LogP contribution in [0.1, 0.15) is 25.5 Å². The van der Waals surface area contributed by atoms with Crippen LogP contribution in [0.2, 0.25) is 5.02 Å². The zero-order valence-electron chi connectivity index (χ0n) is 14.4. The number of hydrogen-bond acceptors (Lipinski definition) is 4. The van der Waals surface area contributed by atoms with Gasteiger partial charge in [0.25, 0.3) is 10.2 Å². The van der Waals surface area contributed by atoms with Crippen molar-refractivity contribution < 1.29 is 13.2 Å². The number of ether oxygens (including phenoxy) is 1. The summed E-state index contributed by atoms with van der Waals surface area (Å²) in [6.45, 7) is 6.19. The van der Waals surface area contributed by atoms with Gasteiger partial charge in [0.05, 0.1) is 18.2 Å². The topological polar surface area (TPSA) is 61.9 Å². The van der Waals surface area contributed by atoms with E-state index in [4.69, 9.17) is 16.3 Å². The average Bonchev–Trinajstić information content (AvgIpc) is 2.54. The van der Waals surface area contributed by atoms with E-state index in [2.05, 4.69) is 5.32 Å². The molecule has 2 aliphatic heterocycles. The van der Waals surface area contributed by atoms with Crippen molar-refractivity contribution in [2.75, 3.05) is 32.7 Å². The Hall–Kier alpha value is -0.410. The fraction of sp³-hybridized carbons (Fsp3) is 0.625. The molecule has 2 saturated heterocycles. The predicted octanol–water partition coefficient (Wildman–Crippen LogP) is 2.06. The standard InChI is InChI=1S/C16H24ClN3O3S.ClH/c1-12-10-19(11-13(2)23-12)24(21,22)20-8-7-18-9-16(20)14-5-3-4-6-15(14)17;/h3-6,12-13,16,18H,7-11H2,1-2H3;1H. The Balaban J connectivity index is 0.00000225. The lowest BCUT2D eigenvalue weighted by atomic mass is 10.1. The largest absolute Gasteiger partial charge is 0.373 e. The lowest BCUT2D eigenvalue weighted by Crippen LogP contribution is -2.57. The Morgan fingerprint density at radius 1 is 1.20 bits per heavy atom. The fourth-order valence-electron chi connectivity index (χ4n) is 3.44. The van der Waals surface area contributed by atoms with E-state index in [0.717, 1.165) is 5.56 Å². The van der Waals surface area contributed by atoms with Gasteiger partial charge >= 0.3 is 0 Å². The van der Waals surface area contributed by atoms with Crippen LogP contribution in [0.5, 0.6) is 0 Å². The van der Waals surface area contributed by atoms with Crippen LogP contribution >= 0.6 is 24.0 Å². The van der Waals surface area contributed by atoms with Gasteiger partial charge in [0.2, 0.25) is 0 Å². The van der Waals surface area contributed by atoms with Gasteiger partial charge in [0.1, 0.15) is 0 Å². The molecule has 0 amide bonds. The SMILES string of the molecule is CC1CN(S(=O)(=O)N2CCNCC2c2ccccc2Cl)CC(C)O1.Cl. The summed E-state index contributed by atoms with van der Waals surface area (Å²) in [7, 11) is -3.58. The summed E-state index contributed by atoms with van der Waals surface area (Å²) in [4.78, 5) is 0. The molecule has 9 heteroatoms. The van der Waals surface area contributed by atoms with E-state index in [9.17, 15) is 8.42 Å². The van der Waals surface area contributed by atoms with E-state index in [-0.39, 0.29) is 30.7 Å². The maximum Gasteiger partial charge on any atom is 0.282 e.